The summed E-state index contributed by atoms with van der Waals surface area (Å²) in [4.78, 5) is 27.3. The van der Waals surface area contributed by atoms with E-state index in [0.29, 0.717) is 17.9 Å². The molecule has 5 nitrogen and oxygen atoms in total. The molecule has 0 radical (unpaired) electrons. The second-order valence-electron chi connectivity index (χ2n) is 4.07. The molecule has 0 saturated heterocycles. The summed E-state index contributed by atoms with van der Waals surface area (Å²) in [6.07, 6.45) is 0.818. The highest BCUT2D eigenvalue weighted by atomic mass is 16.2. The van der Waals surface area contributed by atoms with E-state index in [2.05, 4.69) is 15.3 Å². The highest BCUT2D eigenvalue weighted by Crippen LogP contribution is 2.03. The van der Waals surface area contributed by atoms with Crippen LogP contribution in [0, 0.1) is 6.92 Å². The molecular weight excluding hydrogens is 230 g/mol. The minimum absolute atomic E-state index is 0.385. The average Bonchev–Trinajstić information content (AvgIpc) is 2.34. The van der Waals surface area contributed by atoms with Crippen LogP contribution in [-0.4, -0.2) is 16.5 Å². The van der Waals surface area contributed by atoms with Crippen molar-refractivity contribution in [1.82, 2.24) is 9.97 Å². The molecule has 2 aromatic rings. The Morgan fingerprint density at radius 2 is 1.83 bits per heavy atom. The molecule has 0 bridgehead atoms. The third-order valence-electron chi connectivity index (χ3n) is 2.69. The quantitative estimate of drug-likeness (QED) is 0.752. The fourth-order valence-electron chi connectivity index (χ4n) is 1.79. The fourth-order valence-corrected chi connectivity index (χ4v) is 1.79. The van der Waals surface area contributed by atoms with Crippen LogP contribution in [0.4, 0.5) is 5.69 Å². The van der Waals surface area contributed by atoms with Gasteiger partial charge in [-0.15, -0.1) is 0 Å². The van der Waals surface area contributed by atoms with E-state index in [4.69, 9.17) is 0 Å². The monoisotopic (exact) mass is 245 g/mol. The van der Waals surface area contributed by atoms with Crippen LogP contribution in [0.25, 0.3) is 0 Å². The van der Waals surface area contributed by atoms with Crippen LogP contribution in [0.2, 0.25) is 0 Å². The molecule has 0 saturated carbocycles. The third kappa shape index (κ3) is 2.88. The number of hydrogen-bond donors (Lipinski definition) is 3. The molecule has 0 amide bonds. The SMILES string of the molecule is Cc1[nH]c(=O)[nH]c(=O)c1NCCc1ccccc1. The van der Waals surface area contributed by atoms with Crippen LogP contribution in [0.1, 0.15) is 11.3 Å². The zero-order valence-electron chi connectivity index (χ0n) is 10.1. The lowest BCUT2D eigenvalue weighted by atomic mass is 10.1. The molecule has 0 unspecified atom stereocenters. The molecule has 0 aliphatic rings. The van der Waals surface area contributed by atoms with Crippen molar-refractivity contribution in [2.24, 2.45) is 0 Å². The van der Waals surface area contributed by atoms with E-state index in [1.807, 2.05) is 30.3 Å². The predicted octanol–water partition coefficient (Wildman–Crippen LogP) is 1.03. The summed E-state index contributed by atoms with van der Waals surface area (Å²) in [5, 5.41) is 3.04. The molecule has 5 heteroatoms. The Bertz CT molecular complexity index is 629. The van der Waals surface area contributed by atoms with Crippen molar-refractivity contribution in [1.29, 1.82) is 0 Å². The lowest BCUT2D eigenvalue weighted by Crippen LogP contribution is -2.27. The van der Waals surface area contributed by atoms with Crippen LogP contribution >= 0.6 is 0 Å². The molecule has 2 rings (SSSR count). The zero-order chi connectivity index (χ0) is 13.0. The summed E-state index contributed by atoms with van der Waals surface area (Å²) in [6.45, 7) is 2.33. The van der Waals surface area contributed by atoms with Crippen molar-refractivity contribution >= 4 is 5.69 Å². The van der Waals surface area contributed by atoms with E-state index in [-0.39, 0.29) is 5.56 Å². The summed E-state index contributed by atoms with van der Waals surface area (Å²) in [5.74, 6) is 0. The largest absolute Gasteiger partial charge is 0.379 e. The van der Waals surface area contributed by atoms with Gasteiger partial charge in [-0.1, -0.05) is 30.3 Å². The highest BCUT2D eigenvalue weighted by molar-refractivity contribution is 5.44. The van der Waals surface area contributed by atoms with E-state index in [0.717, 1.165) is 6.42 Å². The van der Waals surface area contributed by atoms with Gasteiger partial charge in [0.2, 0.25) is 0 Å². The van der Waals surface area contributed by atoms with Gasteiger partial charge in [-0.05, 0) is 18.9 Å². The molecule has 1 aromatic heterocycles. The smallest absolute Gasteiger partial charge is 0.326 e. The molecular formula is C13H15N3O2. The fraction of sp³-hybridized carbons (Fsp3) is 0.231. The maximum absolute atomic E-state index is 11.6. The van der Waals surface area contributed by atoms with E-state index >= 15 is 0 Å². The molecule has 0 atom stereocenters. The Morgan fingerprint density at radius 3 is 2.50 bits per heavy atom. The number of nitrogens with one attached hydrogen (secondary N) is 3. The molecule has 1 heterocycles. The van der Waals surface area contributed by atoms with Crippen LogP contribution in [0.3, 0.4) is 0 Å². The van der Waals surface area contributed by atoms with Crippen molar-refractivity contribution in [2.75, 3.05) is 11.9 Å². The number of H-pyrrole nitrogens is 2. The lowest BCUT2D eigenvalue weighted by Gasteiger charge is -2.07. The van der Waals surface area contributed by atoms with Crippen LogP contribution in [0.15, 0.2) is 39.9 Å². The Labute approximate surface area is 104 Å². The maximum Gasteiger partial charge on any atom is 0.326 e. The van der Waals surface area contributed by atoms with Gasteiger partial charge in [0, 0.05) is 12.2 Å². The van der Waals surface area contributed by atoms with Crippen molar-refractivity contribution in [2.45, 2.75) is 13.3 Å². The molecule has 18 heavy (non-hydrogen) atoms. The van der Waals surface area contributed by atoms with Gasteiger partial charge in [-0.2, -0.15) is 0 Å². The summed E-state index contributed by atoms with van der Waals surface area (Å²) < 4.78 is 0. The second kappa shape index (κ2) is 5.35. The van der Waals surface area contributed by atoms with Crippen molar-refractivity contribution in [3.8, 4) is 0 Å². The number of anilines is 1. The lowest BCUT2D eigenvalue weighted by molar-refractivity contribution is 0.959. The first-order valence-electron chi connectivity index (χ1n) is 5.78. The first-order valence-corrected chi connectivity index (χ1v) is 5.78. The van der Waals surface area contributed by atoms with Gasteiger partial charge < -0.3 is 10.3 Å². The Balaban J connectivity index is 2.03. The van der Waals surface area contributed by atoms with Gasteiger partial charge in [0.25, 0.3) is 5.56 Å². The third-order valence-corrected chi connectivity index (χ3v) is 2.69. The van der Waals surface area contributed by atoms with Crippen LogP contribution < -0.4 is 16.6 Å². The predicted molar refractivity (Wildman–Crippen MR) is 71.1 cm³/mol. The van der Waals surface area contributed by atoms with Crippen molar-refractivity contribution in [3.63, 3.8) is 0 Å². The Kier molecular flexibility index (Phi) is 3.62. The second-order valence-corrected chi connectivity index (χ2v) is 4.07. The van der Waals surface area contributed by atoms with Gasteiger partial charge in [0.15, 0.2) is 0 Å². The molecule has 0 fully saturated rings. The zero-order valence-corrected chi connectivity index (χ0v) is 10.1. The van der Waals surface area contributed by atoms with Gasteiger partial charge in [-0.25, -0.2) is 4.79 Å². The minimum atomic E-state index is -0.480. The number of aryl methyl sites for hydroxylation is 1. The van der Waals surface area contributed by atoms with E-state index < -0.39 is 5.69 Å². The number of aromatic nitrogens is 2. The summed E-state index contributed by atoms with van der Waals surface area (Å²) in [6, 6.07) is 9.99. The Hall–Kier alpha value is -2.30. The number of rotatable bonds is 4. The molecule has 0 spiro atoms. The van der Waals surface area contributed by atoms with E-state index in [1.165, 1.54) is 5.56 Å². The number of benzene rings is 1. The molecule has 1 aromatic carbocycles. The molecule has 0 aliphatic carbocycles. The highest BCUT2D eigenvalue weighted by Gasteiger charge is 2.04. The summed E-state index contributed by atoms with van der Waals surface area (Å²) in [5.41, 5.74) is 1.31. The van der Waals surface area contributed by atoms with Gasteiger partial charge in [0.05, 0.1) is 0 Å². The first-order chi connectivity index (χ1) is 8.66. The van der Waals surface area contributed by atoms with E-state index in [9.17, 15) is 9.59 Å². The van der Waals surface area contributed by atoms with Gasteiger partial charge >= 0.3 is 5.69 Å². The topological polar surface area (TPSA) is 77.8 Å². The Morgan fingerprint density at radius 1 is 1.11 bits per heavy atom. The van der Waals surface area contributed by atoms with Crippen LogP contribution in [-0.2, 0) is 6.42 Å². The number of hydrogen-bond acceptors (Lipinski definition) is 3. The average molecular weight is 245 g/mol. The molecule has 3 N–H and O–H groups in total. The summed E-state index contributed by atoms with van der Waals surface area (Å²) >= 11 is 0. The van der Waals surface area contributed by atoms with Gasteiger partial charge in [-0.3, -0.25) is 9.78 Å². The van der Waals surface area contributed by atoms with Crippen molar-refractivity contribution < 1.29 is 0 Å². The molecule has 0 aliphatic heterocycles. The van der Waals surface area contributed by atoms with E-state index in [1.54, 1.807) is 6.92 Å². The van der Waals surface area contributed by atoms with Gasteiger partial charge in [0.1, 0.15) is 5.69 Å². The normalized spacial score (nSPS) is 10.3. The standard InChI is InChI=1S/C13H15N3O2/c1-9-11(12(17)16-13(18)15-9)14-8-7-10-5-3-2-4-6-10/h2-6,14H,7-8H2,1H3,(H2,15,16,17,18). The minimum Gasteiger partial charge on any atom is -0.379 e. The summed E-state index contributed by atoms with van der Waals surface area (Å²) in [7, 11) is 0. The molecule has 94 valence electrons. The number of aromatic amines is 2. The first kappa shape index (κ1) is 12.2. The maximum atomic E-state index is 11.6. The van der Waals surface area contributed by atoms with Crippen molar-refractivity contribution in [3.05, 3.63) is 62.4 Å². The van der Waals surface area contributed by atoms with Crippen LogP contribution in [0.5, 0.6) is 0 Å².